The van der Waals surface area contributed by atoms with E-state index in [9.17, 15) is 20.2 Å². The average molecular weight is 525 g/mol. The zero-order valence-corrected chi connectivity index (χ0v) is 22.3. The molecule has 0 radical (unpaired) electrons. The van der Waals surface area contributed by atoms with Crippen LogP contribution >= 0.6 is 0 Å². The lowest BCUT2D eigenvalue weighted by Gasteiger charge is -2.36. The van der Waals surface area contributed by atoms with E-state index in [0.717, 1.165) is 48.6 Å². The Labute approximate surface area is 228 Å². The molecule has 9 heteroatoms. The summed E-state index contributed by atoms with van der Waals surface area (Å²) in [5.74, 6) is -0.277. The Balaban J connectivity index is 1.38. The van der Waals surface area contributed by atoms with Gasteiger partial charge in [-0.05, 0) is 68.7 Å². The first-order valence-electron chi connectivity index (χ1n) is 13.3. The van der Waals surface area contributed by atoms with Gasteiger partial charge in [-0.1, -0.05) is 18.2 Å². The summed E-state index contributed by atoms with van der Waals surface area (Å²) in [5.41, 5.74) is 5.04. The summed E-state index contributed by atoms with van der Waals surface area (Å²) in [6.45, 7) is 7.95. The van der Waals surface area contributed by atoms with Crippen molar-refractivity contribution in [3.05, 3.63) is 87.2 Å². The Morgan fingerprint density at radius 1 is 0.923 bits per heavy atom. The van der Waals surface area contributed by atoms with Crippen LogP contribution in [0, 0.1) is 35.3 Å². The van der Waals surface area contributed by atoms with Gasteiger partial charge in [0.25, 0.3) is 11.6 Å². The lowest BCUT2D eigenvalue weighted by molar-refractivity contribution is -0.384. The molecule has 0 bridgehead atoms. The lowest BCUT2D eigenvalue weighted by Crippen LogP contribution is -2.49. The van der Waals surface area contributed by atoms with Gasteiger partial charge in [0.15, 0.2) is 0 Å². The maximum absolute atomic E-state index is 13.3. The number of benzene rings is 2. The van der Waals surface area contributed by atoms with Gasteiger partial charge in [-0.25, -0.2) is 0 Å². The molecule has 3 aromatic rings. The molecule has 2 saturated heterocycles. The summed E-state index contributed by atoms with van der Waals surface area (Å²) >= 11 is 0. The molecule has 1 aromatic heterocycles. The number of para-hydroxylation sites is 1. The van der Waals surface area contributed by atoms with Gasteiger partial charge in [-0.15, -0.1) is 0 Å². The van der Waals surface area contributed by atoms with Crippen LogP contribution in [-0.2, 0) is 4.79 Å². The number of carbonyl (C=O) groups is 1. The molecule has 3 heterocycles. The predicted molar refractivity (Wildman–Crippen MR) is 152 cm³/mol. The summed E-state index contributed by atoms with van der Waals surface area (Å²) in [6, 6.07) is 19.4. The zero-order chi connectivity index (χ0) is 27.5. The van der Waals surface area contributed by atoms with Crippen molar-refractivity contribution in [2.75, 3.05) is 49.1 Å². The maximum Gasteiger partial charge on any atom is 0.294 e. The van der Waals surface area contributed by atoms with E-state index in [1.165, 1.54) is 0 Å². The number of nitriles is 1. The fourth-order valence-corrected chi connectivity index (χ4v) is 5.63. The SMILES string of the molecule is Cc1cc(/C=C(/C#N)C(=O)N2CCN(c3ccccc3)CC2)c(C)n1-c1ccc(N2CCCC2)c([N+](=O)[O-])c1. The van der Waals surface area contributed by atoms with Crippen molar-refractivity contribution in [1.82, 2.24) is 9.47 Å². The molecule has 0 unspecified atom stereocenters. The molecule has 2 fully saturated rings. The van der Waals surface area contributed by atoms with Crippen molar-refractivity contribution in [3.8, 4) is 11.8 Å². The number of hydrogen-bond acceptors (Lipinski definition) is 6. The highest BCUT2D eigenvalue weighted by Crippen LogP contribution is 2.34. The molecule has 0 saturated carbocycles. The molecule has 0 spiro atoms. The summed E-state index contributed by atoms with van der Waals surface area (Å²) in [6.07, 6.45) is 3.71. The van der Waals surface area contributed by atoms with E-state index in [-0.39, 0.29) is 22.1 Å². The van der Waals surface area contributed by atoms with E-state index in [0.29, 0.717) is 37.6 Å². The van der Waals surface area contributed by atoms with Crippen LogP contribution in [0.15, 0.2) is 60.2 Å². The first-order valence-corrected chi connectivity index (χ1v) is 13.3. The normalized spacial score (nSPS) is 15.9. The van der Waals surface area contributed by atoms with Crippen molar-refractivity contribution >= 4 is 29.0 Å². The Bertz CT molecular complexity index is 1460. The number of carbonyl (C=O) groups excluding carboxylic acids is 1. The van der Waals surface area contributed by atoms with Crippen molar-refractivity contribution in [2.45, 2.75) is 26.7 Å². The van der Waals surface area contributed by atoms with E-state index in [1.807, 2.05) is 54.8 Å². The highest BCUT2D eigenvalue weighted by molar-refractivity contribution is 6.02. The third-order valence-corrected chi connectivity index (χ3v) is 7.67. The first kappa shape index (κ1) is 26.0. The Hall–Kier alpha value is -4.58. The summed E-state index contributed by atoms with van der Waals surface area (Å²) < 4.78 is 1.94. The second-order valence-electron chi connectivity index (χ2n) is 10.1. The van der Waals surface area contributed by atoms with Crippen molar-refractivity contribution in [3.63, 3.8) is 0 Å². The molecule has 0 aliphatic carbocycles. The number of hydrogen-bond donors (Lipinski definition) is 0. The summed E-state index contributed by atoms with van der Waals surface area (Å²) in [7, 11) is 0. The number of rotatable bonds is 6. The van der Waals surface area contributed by atoms with Gasteiger partial charge in [-0.3, -0.25) is 14.9 Å². The summed E-state index contributed by atoms with van der Waals surface area (Å²) in [5, 5.41) is 21.8. The van der Waals surface area contributed by atoms with E-state index >= 15 is 0 Å². The topological polar surface area (TPSA) is 98.7 Å². The molecule has 200 valence electrons. The Morgan fingerprint density at radius 2 is 1.62 bits per heavy atom. The van der Waals surface area contributed by atoms with Crippen molar-refractivity contribution in [1.29, 1.82) is 5.26 Å². The molecule has 2 aliphatic heterocycles. The van der Waals surface area contributed by atoms with Crippen LogP contribution in [0.25, 0.3) is 11.8 Å². The number of amides is 1. The molecular weight excluding hydrogens is 492 g/mol. The van der Waals surface area contributed by atoms with E-state index in [1.54, 1.807) is 17.0 Å². The molecule has 5 rings (SSSR count). The number of nitrogens with zero attached hydrogens (tertiary/aromatic N) is 6. The number of nitro groups is 1. The third-order valence-electron chi connectivity index (χ3n) is 7.67. The second-order valence-corrected chi connectivity index (χ2v) is 10.1. The molecule has 2 aromatic carbocycles. The van der Waals surface area contributed by atoms with E-state index < -0.39 is 0 Å². The third kappa shape index (κ3) is 5.23. The average Bonchev–Trinajstić information content (AvgIpc) is 3.59. The van der Waals surface area contributed by atoms with Gasteiger partial charge >= 0.3 is 0 Å². The lowest BCUT2D eigenvalue weighted by atomic mass is 10.1. The van der Waals surface area contributed by atoms with Gasteiger partial charge in [0.1, 0.15) is 17.3 Å². The van der Waals surface area contributed by atoms with Gasteiger partial charge < -0.3 is 19.3 Å². The van der Waals surface area contributed by atoms with Crippen LogP contribution in [0.3, 0.4) is 0 Å². The van der Waals surface area contributed by atoms with Crippen LogP contribution in [0.2, 0.25) is 0 Å². The van der Waals surface area contributed by atoms with Crippen LogP contribution in [-0.4, -0.2) is 59.6 Å². The number of piperazine rings is 1. The highest BCUT2D eigenvalue weighted by atomic mass is 16.6. The van der Waals surface area contributed by atoms with Crippen LogP contribution in [0.1, 0.15) is 29.8 Å². The van der Waals surface area contributed by atoms with Gasteiger partial charge in [0, 0.05) is 62.4 Å². The second kappa shape index (κ2) is 11.0. The number of aryl methyl sites for hydroxylation is 1. The molecule has 39 heavy (non-hydrogen) atoms. The van der Waals surface area contributed by atoms with Gasteiger partial charge in [-0.2, -0.15) is 5.26 Å². The van der Waals surface area contributed by atoms with E-state index in [2.05, 4.69) is 28.0 Å². The van der Waals surface area contributed by atoms with Crippen LogP contribution < -0.4 is 9.80 Å². The zero-order valence-electron chi connectivity index (χ0n) is 22.3. The molecule has 0 N–H and O–H groups in total. The van der Waals surface area contributed by atoms with Gasteiger partial charge in [0.05, 0.1) is 10.6 Å². The molecule has 1 amide bonds. The molecular formula is C30H32N6O3. The predicted octanol–water partition coefficient (Wildman–Crippen LogP) is 4.86. The molecule has 0 atom stereocenters. The Morgan fingerprint density at radius 3 is 2.26 bits per heavy atom. The minimum Gasteiger partial charge on any atom is -0.368 e. The first-order chi connectivity index (χ1) is 18.9. The van der Waals surface area contributed by atoms with Crippen LogP contribution in [0.5, 0.6) is 0 Å². The number of anilines is 2. The van der Waals surface area contributed by atoms with E-state index in [4.69, 9.17) is 0 Å². The minimum absolute atomic E-state index is 0.0822. The monoisotopic (exact) mass is 524 g/mol. The highest BCUT2D eigenvalue weighted by Gasteiger charge is 2.26. The van der Waals surface area contributed by atoms with Gasteiger partial charge in [0.2, 0.25) is 0 Å². The fraction of sp³-hybridized carbons (Fsp3) is 0.333. The minimum atomic E-state index is -0.323. The quantitative estimate of drug-likeness (QED) is 0.198. The molecule has 9 nitrogen and oxygen atoms in total. The summed E-state index contributed by atoms with van der Waals surface area (Å²) in [4.78, 5) is 30.9. The molecule has 2 aliphatic rings. The fourth-order valence-electron chi connectivity index (χ4n) is 5.63. The number of nitro benzene ring substituents is 1. The maximum atomic E-state index is 13.3. The van der Waals surface area contributed by atoms with Crippen LogP contribution in [0.4, 0.5) is 17.1 Å². The smallest absolute Gasteiger partial charge is 0.294 e. The van der Waals surface area contributed by atoms with Crippen molar-refractivity contribution < 1.29 is 9.72 Å². The standard InChI is InChI=1S/C30H32N6O3/c1-22-18-24(19-25(21-31)30(37)34-16-14-32(15-17-34)26-8-4-3-5-9-26)23(2)35(22)27-10-11-28(29(20-27)36(38)39)33-12-6-7-13-33/h3-5,8-11,18-20H,6-7,12-17H2,1-2H3/b25-19-. The Kier molecular flexibility index (Phi) is 7.37. The largest absolute Gasteiger partial charge is 0.368 e. The van der Waals surface area contributed by atoms with Crippen molar-refractivity contribution in [2.24, 2.45) is 0 Å². The number of aromatic nitrogens is 1.